The average molecular weight is 431 g/mol. The summed E-state index contributed by atoms with van der Waals surface area (Å²) in [7, 11) is -3.54. The van der Waals surface area contributed by atoms with E-state index in [-0.39, 0.29) is 29.3 Å². The Morgan fingerprint density at radius 2 is 1.86 bits per heavy atom. The van der Waals surface area contributed by atoms with Crippen molar-refractivity contribution in [3.8, 4) is 0 Å². The number of sulfonamides is 1. The van der Waals surface area contributed by atoms with Crippen molar-refractivity contribution in [1.82, 2.24) is 19.8 Å². The first-order chi connectivity index (χ1) is 12.9. The highest BCUT2D eigenvalue weighted by Gasteiger charge is 2.31. The molecular weight excluding hydrogens is 400 g/mol. The number of hydrogen-bond donors (Lipinski definition) is 2. The number of carbonyl (C=O) groups is 1. The number of rotatable bonds is 6. The minimum absolute atomic E-state index is 0. The summed E-state index contributed by atoms with van der Waals surface area (Å²) in [6.45, 7) is 9.33. The molecule has 0 radical (unpaired) electrons. The largest absolute Gasteiger partial charge is 0.337 e. The van der Waals surface area contributed by atoms with Crippen LogP contribution in [0.3, 0.4) is 0 Å². The maximum absolute atomic E-state index is 12.8. The molecule has 7 nitrogen and oxygen atoms in total. The van der Waals surface area contributed by atoms with Crippen LogP contribution in [-0.2, 0) is 10.0 Å². The van der Waals surface area contributed by atoms with Gasteiger partial charge in [-0.1, -0.05) is 6.92 Å². The van der Waals surface area contributed by atoms with Crippen LogP contribution >= 0.6 is 12.4 Å². The minimum Gasteiger partial charge on any atom is -0.337 e. The lowest BCUT2D eigenvalue weighted by molar-refractivity contribution is 0.0773. The molecule has 2 N–H and O–H groups in total. The van der Waals surface area contributed by atoms with Crippen molar-refractivity contribution in [2.75, 3.05) is 39.3 Å². The maximum atomic E-state index is 12.8. The Morgan fingerprint density at radius 1 is 1.21 bits per heavy atom. The molecule has 2 fully saturated rings. The van der Waals surface area contributed by atoms with Gasteiger partial charge in [-0.25, -0.2) is 13.1 Å². The predicted octanol–water partition coefficient (Wildman–Crippen LogP) is 1.30. The van der Waals surface area contributed by atoms with Gasteiger partial charge in [0.1, 0.15) is 0 Å². The zero-order chi connectivity index (χ0) is 19.4. The van der Waals surface area contributed by atoms with Gasteiger partial charge >= 0.3 is 0 Å². The lowest BCUT2D eigenvalue weighted by Gasteiger charge is -2.32. The highest BCUT2D eigenvalue weighted by Crippen LogP contribution is 2.20. The second-order valence-corrected chi connectivity index (χ2v) is 9.15. The molecule has 2 atom stereocenters. The number of nitrogens with one attached hydrogen (secondary N) is 2. The third-order valence-corrected chi connectivity index (χ3v) is 7.10. The molecule has 0 spiro atoms. The highest BCUT2D eigenvalue weighted by atomic mass is 35.5. The summed E-state index contributed by atoms with van der Waals surface area (Å²) >= 11 is 0. The van der Waals surface area contributed by atoms with Crippen LogP contribution in [0.1, 0.15) is 37.0 Å². The summed E-state index contributed by atoms with van der Waals surface area (Å²) in [4.78, 5) is 17.3. The summed E-state index contributed by atoms with van der Waals surface area (Å²) in [5.74, 6) is -0.0218. The van der Waals surface area contributed by atoms with Gasteiger partial charge in [-0.15, -0.1) is 12.4 Å². The molecule has 28 heavy (non-hydrogen) atoms. The van der Waals surface area contributed by atoms with Crippen molar-refractivity contribution in [3.05, 3.63) is 29.8 Å². The van der Waals surface area contributed by atoms with E-state index in [0.717, 1.165) is 52.1 Å². The van der Waals surface area contributed by atoms with Gasteiger partial charge in [0.15, 0.2) is 0 Å². The van der Waals surface area contributed by atoms with Crippen LogP contribution in [0.4, 0.5) is 0 Å². The van der Waals surface area contributed by atoms with Gasteiger partial charge in [0.25, 0.3) is 5.91 Å². The Hall–Kier alpha value is -1.19. The zero-order valence-corrected chi connectivity index (χ0v) is 18.2. The minimum atomic E-state index is -3.54. The molecule has 1 amide bonds. The standard InChI is InChI=1S/C19H30N4O3S.ClH/c1-3-15(2)21-27(25,26)18-6-4-16(5-7-18)19(24)23-11-8-17(14-23)22-12-9-20-10-13-22;/h4-7,15,17,20-21H,3,8-14H2,1-2H3;1H. The van der Waals surface area contributed by atoms with Gasteiger partial charge in [0.2, 0.25) is 10.0 Å². The van der Waals surface area contributed by atoms with E-state index in [0.29, 0.717) is 11.6 Å². The molecule has 2 aliphatic heterocycles. The number of piperazine rings is 1. The molecule has 1 aromatic carbocycles. The molecule has 1 aromatic rings. The third-order valence-electron chi connectivity index (χ3n) is 5.50. The highest BCUT2D eigenvalue weighted by molar-refractivity contribution is 7.89. The number of benzene rings is 1. The van der Waals surface area contributed by atoms with Crippen LogP contribution in [0.5, 0.6) is 0 Å². The number of carbonyl (C=O) groups excluding carboxylic acids is 1. The van der Waals surface area contributed by atoms with Crippen molar-refractivity contribution >= 4 is 28.3 Å². The van der Waals surface area contributed by atoms with Gasteiger partial charge in [-0.2, -0.15) is 0 Å². The predicted molar refractivity (Wildman–Crippen MR) is 113 cm³/mol. The van der Waals surface area contributed by atoms with Crippen LogP contribution in [-0.4, -0.2) is 75.5 Å². The first-order valence-corrected chi connectivity index (χ1v) is 11.3. The first-order valence-electron chi connectivity index (χ1n) is 9.77. The molecule has 2 aliphatic rings. The first kappa shape index (κ1) is 23.1. The van der Waals surface area contributed by atoms with Crippen molar-refractivity contribution in [2.24, 2.45) is 0 Å². The summed E-state index contributed by atoms with van der Waals surface area (Å²) in [5, 5.41) is 3.35. The van der Waals surface area contributed by atoms with E-state index in [2.05, 4.69) is 14.9 Å². The van der Waals surface area contributed by atoms with Crippen molar-refractivity contribution in [1.29, 1.82) is 0 Å². The topological polar surface area (TPSA) is 81.8 Å². The van der Waals surface area contributed by atoms with Crippen LogP contribution < -0.4 is 10.0 Å². The molecule has 9 heteroatoms. The van der Waals surface area contributed by atoms with Crippen LogP contribution in [0.15, 0.2) is 29.2 Å². The van der Waals surface area contributed by atoms with Crippen LogP contribution in [0.25, 0.3) is 0 Å². The monoisotopic (exact) mass is 430 g/mol. The molecule has 3 rings (SSSR count). The fourth-order valence-electron chi connectivity index (χ4n) is 3.65. The normalized spacial score (nSPS) is 21.9. The zero-order valence-electron chi connectivity index (χ0n) is 16.6. The van der Waals surface area contributed by atoms with Crippen molar-refractivity contribution < 1.29 is 13.2 Å². The molecule has 0 aromatic heterocycles. The second kappa shape index (κ2) is 10.0. The Bertz CT molecular complexity index is 751. The van der Waals surface area contributed by atoms with Gasteiger partial charge in [-0.3, -0.25) is 9.69 Å². The summed E-state index contributed by atoms with van der Waals surface area (Å²) in [5.41, 5.74) is 0.540. The average Bonchev–Trinajstić information content (AvgIpc) is 3.18. The fourth-order valence-corrected chi connectivity index (χ4v) is 4.97. The van der Waals surface area contributed by atoms with E-state index < -0.39 is 10.0 Å². The van der Waals surface area contributed by atoms with Crippen molar-refractivity contribution in [2.45, 2.75) is 43.7 Å². The van der Waals surface area contributed by atoms with E-state index in [1.54, 1.807) is 12.1 Å². The molecule has 2 saturated heterocycles. The Balaban J connectivity index is 0.00000280. The van der Waals surface area contributed by atoms with Crippen molar-refractivity contribution in [3.63, 3.8) is 0 Å². The lowest BCUT2D eigenvalue weighted by Crippen LogP contribution is -2.49. The number of amides is 1. The van der Waals surface area contributed by atoms with E-state index in [4.69, 9.17) is 0 Å². The smallest absolute Gasteiger partial charge is 0.253 e. The Morgan fingerprint density at radius 3 is 2.46 bits per heavy atom. The van der Waals surface area contributed by atoms with Crippen LogP contribution in [0.2, 0.25) is 0 Å². The summed E-state index contributed by atoms with van der Waals surface area (Å²) < 4.78 is 27.3. The van der Waals surface area contributed by atoms with Crippen LogP contribution in [0, 0.1) is 0 Å². The SMILES string of the molecule is CCC(C)NS(=O)(=O)c1ccc(C(=O)N2CCC(N3CCNCC3)C2)cc1.Cl. The van der Waals surface area contributed by atoms with E-state index in [9.17, 15) is 13.2 Å². The summed E-state index contributed by atoms with van der Waals surface area (Å²) in [6, 6.07) is 6.57. The lowest BCUT2D eigenvalue weighted by atomic mass is 10.2. The van der Waals surface area contributed by atoms with E-state index >= 15 is 0 Å². The number of nitrogens with zero attached hydrogens (tertiary/aromatic N) is 2. The Labute approximate surface area is 174 Å². The molecule has 0 aliphatic carbocycles. The molecule has 0 saturated carbocycles. The fraction of sp³-hybridized carbons (Fsp3) is 0.632. The maximum Gasteiger partial charge on any atom is 0.253 e. The molecule has 2 heterocycles. The molecule has 2 unspecified atom stereocenters. The third kappa shape index (κ3) is 5.45. The number of likely N-dealkylation sites (tertiary alicyclic amines) is 1. The van der Waals surface area contributed by atoms with Gasteiger partial charge in [0, 0.05) is 56.9 Å². The number of hydrogen-bond acceptors (Lipinski definition) is 5. The molecule has 0 bridgehead atoms. The summed E-state index contributed by atoms with van der Waals surface area (Å²) in [6.07, 6.45) is 1.72. The molecule has 158 valence electrons. The number of halogens is 1. The van der Waals surface area contributed by atoms with Gasteiger partial charge in [-0.05, 0) is 44.0 Å². The van der Waals surface area contributed by atoms with E-state index in [1.165, 1.54) is 12.1 Å². The quantitative estimate of drug-likeness (QED) is 0.711. The molecular formula is C19H31ClN4O3S. The second-order valence-electron chi connectivity index (χ2n) is 7.43. The Kier molecular flexibility index (Phi) is 8.27. The van der Waals surface area contributed by atoms with E-state index in [1.807, 2.05) is 18.7 Å². The van der Waals surface area contributed by atoms with Gasteiger partial charge in [0.05, 0.1) is 4.90 Å². The van der Waals surface area contributed by atoms with Gasteiger partial charge < -0.3 is 10.2 Å².